The molecule has 30 heavy (non-hydrogen) atoms. The van der Waals surface area contributed by atoms with E-state index in [9.17, 15) is 9.59 Å². The van der Waals surface area contributed by atoms with Gasteiger partial charge in [-0.05, 0) is 12.8 Å². The zero-order valence-corrected chi connectivity index (χ0v) is 15.4. The molecule has 0 aromatic carbocycles. The Morgan fingerprint density at radius 3 is 1.47 bits per heavy atom. The number of ether oxygens (including phenoxy) is 1. The summed E-state index contributed by atoms with van der Waals surface area (Å²) in [7, 11) is 0. The van der Waals surface area contributed by atoms with Crippen molar-refractivity contribution in [3.8, 4) is 0 Å². The summed E-state index contributed by atoms with van der Waals surface area (Å²) in [6.45, 7) is 2.68. The quantitative estimate of drug-likeness (QED) is 0.176. The van der Waals surface area contributed by atoms with Gasteiger partial charge in [0.15, 0.2) is 0 Å². The van der Waals surface area contributed by atoms with E-state index in [0.717, 1.165) is 12.8 Å². The normalized spacial score (nSPS) is 9.67. The van der Waals surface area contributed by atoms with Crippen molar-refractivity contribution in [3.63, 3.8) is 0 Å². The first-order valence-electron chi connectivity index (χ1n) is 9.72. The van der Waals surface area contributed by atoms with Crippen molar-refractivity contribution in [3.05, 3.63) is 0 Å². The molecule has 0 aliphatic heterocycles. The Kier molecular flexibility index (Phi) is 55.3. The lowest BCUT2D eigenvalue weighted by Gasteiger charge is -2.07. The number of carbonyl (C=O) groups is 2. The number of hydrogen-bond donors (Lipinski definition) is 2. The van der Waals surface area contributed by atoms with E-state index < -0.39 is 12.0 Å². The molecular weight excluding hydrogens is 378 g/mol. The largest absolute Gasteiger partial charge is 0.480 e. The highest BCUT2D eigenvalue weighted by molar-refractivity contribution is 5.75. The first-order chi connectivity index (χ1) is 11.6. The molecular formula is C25H61NO4. The average molecular weight is 440 g/mol. The van der Waals surface area contributed by atoms with E-state index in [1.165, 1.54) is 64.2 Å². The highest BCUT2D eigenvalue weighted by Crippen LogP contribution is 2.12. The summed E-state index contributed by atoms with van der Waals surface area (Å²) in [4.78, 5) is 21.9. The molecule has 190 valence electrons. The zero-order chi connectivity index (χ0) is 18.0. The molecule has 0 aromatic rings. The van der Waals surface area contributed by atoms with E-state index >= 15 is 0 Å². The highest BCUT2D eigenvalue weighted by atomic mass is 16.5. The summed E-state index contributed by atoms with van der Waals surface area (Å²) in [5.74, 6) is -1.43. The monoisotopic (exact) mass is 439 g/mol. The van der Waals surface area contributed by atoms with Crippen LogP contribution < -0.4 is 5.73 Å². The SMILES string of the molecule is C.C.C.C.C.C.CCCCCCCCCCCCCCOC(=O)CC[C@H](N)C(=O)O. The lowest BCUT2D eigenvalue weighted by molar-refractivity contribution is -0.144. The van der Waals surface area contributed by atoms with Gasteiger partial charge in [0, 0.05) is 6.42 Å². The van der Waals surface area contributed by atoms with Gasteiger partial charge in [-0.2, -0.15) is 0 Å². The van der Waals surface area contributed by atoms with Gasteiger partial charge in [-0.1, -0.05) is 122 Å². The molecule has 5 heteroatoms. The predicted molar refractivity (Wildman–Crippen MR) is 137 cm³/mol. The summed E-state index contributed by atoms with van der Waals surface area (Å²) in [6, 6.07) is -0.982. The number of unbranched alkanes of at least 4 members (excludes halogenated alkanes) is 11. The maximum Gasteiger partial charge on any atom is 0.320 e. The number of aliphatic carboxylic acids is 1. The number of nitrogens with two attached hydrogens (primary N) is 1. The summed E-state index contributed by atoms with van der Waals surface area (Å²) < 4.78 is 5.08. The van der Waals surface area contributed by atoms with Gasteiger partial charge in [0.25, 0.3) is 0 Å². The topological polar surface area (TPSA) is 89.6 Å². The van der Waals surface area contributed by atoms with Crippen LogP contribution in [0.15, 0.2) is 0 Å². The fourth-order valence-corrected chi connectivity index (χ4v) is 2.60. The minimum Gasteiger partial charge on any atom is -0.480 e. The maximum absolute atomic E-state index is 11.4. The van der Waals surface area contributed by atoms with E-state index in [1.54, 1.807) is 0 Å². The molecule has 0 saturated carbocycles. The second-order valence-electron chi connectivity index (χ2n) is 6.59. The molecule has 0 aliphatic rings. The smallest absolute Gasteiger partial charge is 0.320 e. The van der Waals surface area contributed by atoms with Gasteiger partial charge in [0.1, 0.15) is 6.04 Å². The molecule has 0 unspecified atom stereocenters. The first kappa shape index (κ1) is 46.9. The number of carboxylic acid groups (broad SMARTS) is 1. The fraction of sp³-hybridized carbons (Fsp3) is 0.920. The highest BCUT2D eigenvalue weighted by Gasteiger charge is 2.13. The van der Waals surface area contributed by atoms with Gasteiger partial charge in [-0.25, -0.2) is 0 Å². The van der Waals surface area contributed by atoms with Crippen LogP contribution >= 0.6 is 0 Å². The van der Waals surface area contributed by atoms with Crippen molar-refractivity contribution < 1.29 is 19.4 Å². The van der Waals surface area contributed by atoms with Gasteiger partial charge in [0.2, 0.25) is 0 Å². The number of esters is 1. The van der Waals surface area contributed by atoms with Crippen LogP contribution in [0.5, 0.6) is 0 Å². The number of carbonyl (C=O) groups excluding carboxylic acids is 1. The number of carboxylic acids is 1. The molecule has 0 aromatic heterocycles. The predicted octanol–water partition coefficient (Wildman–Crippen LogP) is 8.24. The molecule has 0 heterocycles. The summed E-state index contributed by atoms with van der Waals surface area (Å²) in [6.07, 6.45) is 15.5. The third-order valence-electron chi connectivity index (χ3n) is 4.24. The summed E-state index contributed by atoms with van der Waals surface area (Å²) in [5, 5.41) is 8.62. The van der Waals surface area contributed by atoms with E-state index in [2.05, 4.69) is 6.92 Å². The van der Waals surface area contributed by atoms with Crippen LogP contribution in [-0.4, -0.2) is 29.7 Å². The Hall–Kier alpha value is -1.10. The Bertz CT molecular complexity index is 322. The first-order valence-corrected chi connectivity index (χ1v) is 9.72. The maximum atomic E-state index is 11.4. The molecule has 0 saturated heterocycles. The molecule has 0 rings (SSSR count). The molecule has 0 amide bonds. The van der Waals surface area contributed by atoms with Crippen LogP contribution in [-0.2, 0) is 14.3 Å². The minimum atomic E-state index is -1.08. The molecule has 0 aliphatic carbocycles. The Labute approximate surface area is 191 Å². The molecule has 5 nitrogen and oxygen atoms in total. The second-order valence-corrected chi connectivity index (χ2v) is 6.59. The fourth-order valence-electron chi connectivity index (χ4n) is 2.60. The summed E-state index contributed by atoms with van der Waals surface area (Å²) >= 11 is 0. The Morgan fingerprint density at radius 2 is 1.10 bits per heavy atom. The lowest BCUT2D eigenvalue weighted by atomic mass is 10.1. The number of rotatable bonds is 17. The van der Waals surface area contributed by atoms with Crippen LogP contribution in [0, 0.1) is 0 Å². The molecule has 3 N–H and O–H groups in total. The molecule has 0 fully saturated rings. The van der Waals surface area contributed by atoms with Gasteiger partial charge in [-0.3, -0.25) is 9.59 Å². The Morgan fingerprint density at radius 1 is 0.733 bits per heavy atom. The van der Waals surface area contributed by atoms with Crippen LogP contribution in [0.1, 0.15) is 141 Å². The minimum absolute atomic E-state index is 0. The van der Waals surface area contributed by atoms with Crippen molar-refractivity contribution in [2.45, 2.75) is 147 Å². The van der Waals surface area contributed by atoms with Crippen LogP contribution in [0.3, 0.4) is 0 Å². The molecule has 0 spiro atoms. The van der Waals surface area contributed by atoms with E-state index in [-0.39, 0.29) is 63.4 Å². The van der Waals surface area contributed by atoms with Gasteiger partial charge >= 0.3 is 11.9 Å². The average Bonchev–Trinajstić information content (AvgIpc) is 2.56. The number of hydrogen-bond acceptors (Lipinski definition) is 4. The third-order valence-corrected chi connectivity index (χ3v) is 4.24. The van der Waals surface area contributed by atoms with Crippen LogP contribution in [0.2, 0.25) is 0 Å². The van der Waals surface area contributed by atoms with Crippen molar-refractivity contribution >= 4 is 11.9 Å². The van der Waals surface area contributed by atoms with E-state index in [1.807, 2.05) is 0 Å². The molecule has 1 atom stereocenters. The zero-order valence-electron chi connectivity index (χ0n) is 15.4. The summed E-state index contributed by atoms with van der Waals surface area (Å²) in [5.41, 5.74) is 5.33. The van der Waals surface area contributed by atoms with Crippen molar-refractivity contribution in [1.82, 2.24) is 0 Å². The Balaban J connectivity index is -0.000000176. The van der Waals surface area contributed by atoms with Gasteiger partial charge in [-0.15, -0.1) is 0 Å². The standard InChI is InChI=1S/C19H37NO4.6CH4/c1-2-3-4-5-6-7-8-9-10-11-12-13-16-24-18(21)15-14-17(20)19(22)23;;;;;;/h17H,2-16,20H2,1H3,(H,22,23);6*1H4/t17-;;;;;;/m0....../s1. The van der Waals surface area contributed by atoms with Gasteiger partial charge < -0.3 is 15.6 Å². The lowest BCUT2D eigenvalue weighted by Crippen LogP contribution is -2.30. The van der Waals surface area contributed by atoms with Crippen molar-refractivity contribution in [1.29, 1.82) is 0 Å². The van der Waals surface area contributed by atoms with Crippen LogP contribution in [0.25, 0.3) is 0 Å². The van der Waals surface area contributed by atoms with Crippen molar-refractivity contribution in [2.75, 3.05) is 6.61 Å². The van der Waals surface area contributed by atoms with E-state index in [4.69, 9.17) is 15.6 Å². The second kappa shape index (κ2) is 35.3. The molecule has 0 bridgehead atoms. The van der Waals surface area contributed by atoms with Crippen molar-refractivity contribution in [2.24, 2.45) is 5.73 Å². The van der Waals surface area contributed by atoms with Crippen LogP contribution in [0.4, 0.5) is 0 Å². The van der Waals surface area contributed by atoms with Gasteiger partial charge in [0.05, 0.1) is 6.61 Å². The third kappa shape index (κ3) is 34.4. The molecule has 0 radical (unpaired) electrons. The van der Waals surface area contributed by atoms with E-state index in [0.29, 0.717) is 6.61 Å².